The first-order valence-electron chi connectivity index (χ1n) is 6.49. The van der Waals surface area contributed by atoms with Crippen molar-refractivity contribution in [1.29, 1.82) is 5.26 Å². The summed E-state index contributed by atoms with van der Waals surface area (Å²) in [5.41, 5.74) is 3.33. The summed E-state index contributed by atoms with van der Waals surface area (Å²) < 4.78 is 5.89. The van der Waals surface area contributed by atoms with E-state index in [9.17, 15) is 0 Å². The van der Waals surface area contributed by atoms with Crippen molar-refractivity contribution in [1.82, 2.24) is 0 Å². The van der Waals surface area contributed by atoms with Crippen LogP contribution in [0.15, 0.2) is 48.5 Å². The molecule has 0 aliphatic heterocycles. The van der Waals surface area contributed by atoms with Crippen molar-refractivity contribution < 1.29 is 4.74 Å². The smallest absolute Gasteiger partial charge is 0.122 e. The van der Waals surface area contributed by atoms with Crippen LogP contribution in [0.25, 0.3) is 0 Å². The Kier molecular flexibility index (Phi) is 4.58. The van der Waals surface area contributed by atoms with Gasteiger partial charge in [-0.3, -0.25) is 0 Å². The molecule has 0 fully saturated rings. The van der Waals surface area contributed by atoms with Crippen LogP contribution in [0.2, 0.25) is 0 Å². The Bertz CT molecular complexity index is 584. The molecule has 2 heteroatoms. The van der Waals surface area contributed by atoms with E-state index in [1.54, 1.807) is 0 Å². The van der Waals surface area contributed by atoms with Crippen molar-refractivity contribution in [3.05, 3.63) is 65.2 Å². The first-order valence-corrected chi connectivity index (χ1v) is 6.49. The van der Waals surface area contributed by atoms with Gasteiger partial charge in [-0.1, -0.05) is 49.4 Å². The van der Waals surface area contributed by atoms with E-state index in [1.165, 1.54) is 5.56 Å². The van der Waals surface area contributed by atoms with Crippen molar-refractivity contribution in [2.75, 3.05) is 0 Å². The van der Waals surface area contributed by atoms with E-state index in [-0.39, 0.29) is 0 Å². The molecule has 19 heavy (non-hydrogen) atoms. The van der Waals surface area contributed by atoms with E-state index in [1.807, 2.05) is 42.5 Å². The maximum absolute atomic E-state index is 8.82. The Morgan fingerprint density at radius 1 is 0.947 bits per heavy atom. The maximum Gasteiger partial charge on any atom is 0.122 e. The number of nitrogens with zero attached hydrogens (tertiary/aromatic N) is 1. The molecule has 2 nitrogen and oxygen atoms in total. The number of hydrogen-bond acceptors (Lipinski definition) is 2. The largest absolute Gasteiger partial charge is 0.489 e. The molecule has 0 spiro atoms. The van der Waals surface area contributed by atoms with Gasteiger partial charge in [-0.15, -0.1) is 0 Å². The standard InChI is InChI=1S/C17H17NO/c1-2-14-7-5-6-10-17(14)19-13-16-9-4-3-8-15(16)11-12-18/h3-10H,2,11,13H2,1H3. The van der Waals surface area contributed by atoms with Crippen LogP contribution in [0.5, 0.6) is 5.75 Å². The molecular weight excluding hydrogens is 234 g/mol. The van der Waals surface area contributed by atoms with E-state index < -0.39 is 0 Å². The number of para-hydroxylation sites is 1. The molecule has 2 aromatic carbocycles. The van der Waals surface area contributed by atoms with E-state index in [0.717, 1.165) is 23.3 Å². The molecule has 2 aromatic rings. The minimum atomic E-state index is 0.426. The Hall–Kier alpha value is -2.27. The zero-order valence-electron chi connectivity index (χ0n) is 11.1. The second-order valence-electron chi connectivity index (χ2n) is 4.35. The van der Waals surface area contributed by atoms with Gasteiger partial charge in [0.05, 0.1) is 12.5 Å². The predicted octanol–water partition coefficient (Wildman–Crippen LogP) is 3.89. The Morgan fingerprint density at radius 3 is 2.26 bits per heavy atom. The second-order valence-corrected chi connectivity index (χ2v) is 4.35. The van der Waals surface area contributed by atoms with Crippen molar-refractivity contribution >= 4 is 0 Å². The van der Waals surface area contributed by atoms with E-state index >= 15 is 0 Å². The van der Waals surface area contributed by atoms with Crippen molar-refractivity contribution in [2.24, 2.45) is 0 Å². The maximum atomic E-state index is 8.82. The average molecular weight is 251 g/mol. The Balaban J connectivity index is 2.13. The summed E-state index contributed by atoms with van der Waals surface area (Å²) in [5, 5.41) is 8.82. The van der Waals surface area contributed by atoms with Gasteiger partial charge < -0.3 is 4.74 Å². The molecule has 0 atom stereocenters. The van der Waals surface area contributed by atoms with Gasteiger partial charge >= 0.3 is 0 Å². The van der Waals surface area contributed by atoms with Crippen LogP contribution in [0.3, 0.4) is 0 Å². The molecule has 96 valence electrons. The third-order valence-corrected chi connectivity index (χ3v) is 3.12. The molecule has 0 bridgehead atoms. The summed E-state index contributed by atoms with van der Waals surface area (Å²) in [6.07, 6.45) is 1.38. The highest BCUT2D eigenvalue weighted by atomic mass is 16.5. The summed E-state index contributed by atoms with van der Waals surface area (Å²) >= 11 is 0. The molecule has 0 aromatic heterocycles. The molecule has 0 saturated carbocycles. The van der Waals surface area contributed by atoms with Gasteiger partial charge in [0.15, 0.2) is 0 Å². The van der Waals surface area contributed by atoms with Crippen LogP contribution in [0.1, 0.15) is 23.6 Å². The quantitative estimate of drug-likeness (QED) is 0.807. The fourth-order valence-electron chi connectivity index (χ4n) is 2.05. The summed E-state index contributed by atoms with van der Waals surface area (Å²) in [4.78, 5) is 0. The predicted molar refractivity (Wildman–Crippen MR) is 75.9 cm³/mol. The lowest BCUT2D eigenvalue weighted by atomic mass is 10.1. The lowest BCUT2D eigenvalue weighted by molar-refractivity contribution is 0.302. The first-order chi connectivity index (χ1) is 9.35. The third kappa shape index (κ3) is 3.35. The fourth-order valence-corrected chi connectivity index (χ4v) is 2.05. The molecule has 0 N–H and O–H groups in total. The SMILES string of the molecule is CCc1ccccc1OCc1ccccc1CC#N. The van der Waals surface area contributed by atoms with Gasteiger partial charge in [0.1, 0.15) is 12.4 Å². The molecular formula is C17H17NO. The highest BCUT2D eigenvalue weighted by Gasteiger charge is 2.04. The number of benzene rings is 2. The van der Waals surface area contributed by atoms with Crippen LogP contribution in [-0.4, -0.2) is 0 Å². The van der Waals surface area contributed by atoms with Gasteiger partial charge in [-0.25, -0.2) is 0 Å². The summed E-state index contributed by atoms with van der Waals surface area (Å²) in [5.74, 6) is 0.928. The second kappa shape index (κ2) is 6.61. The third-order valence-electron chi connectivity index (χ3n) is 3.12. The van der Waals surface area contributed by atoms with Gasteiger partial charge in [0.2, 0.25) is 0 Å². The molecule has 0 aliphatic carbocycles. The minimum Gasteiger partial charge on any atom is -0.489 e. The molecule has 2 rings (SSSR count). The van der Waals surface area contributed by atoms with Gasteiger partial charge in [-0.2, -0.15) is 5.26 Å². The van der Waals surface area contributed by atoms with Crippen molar-refractivity contribution in [3.63, 3.8) is 0 Å². The normalized spacial score (nSPS) is 9.89. The number of aryl methyl sites for hydroxylation is 1. The first kappa shape index (κ1) is 13.2. The highest BCUT2D eigenvalue weighted by Crippen LogP contribution is 2.20. The monoisotopic (exact) mass is 251 g/mol. The van der Waals surface area contributed by atoms with Gasteiger partial charge in [0, 0.05) is 0 Å². The van der Waals surface area contributed by atoms with Crippen molar-refractivity contribution in [2.45, 2.75) is 26.4 Å². The van der Waals surface area contributed by atoms with Crippen LogP contribution >= 0.6 is 0 Å². The number of hydrogen-bond donors (Lipinski definition) is 0. The molecule has 0 amide bonds. The van der Waals surface area contributed by atoms with Gasteiger partial charge in [0.25, 0.3) is 0 Å². The van der Waals surface area contributed by atoms with E-state index in [0.29, 0.717) is 13.0 Å². The lowest BCUT2D eigenvalue weighted by Crippen LogP contribution is -2.01. The zero-order valence-corrected chi connectivity index (χ0v) is 11.1. The number of nitriles is 1. The Labute approximate surface area is 114 Å². The molecule has 0 radical (unpaired) electrons. The van der Waals surface area contributed by atoms with E-state index in [2.05, 4.69) is 19.1 Å². The summed E-state index contributed by atoms with van der Waals surface area (Å²) in [6.45, 7) is 2.63. The molecule has 0 unspecified atom stereocenters. The lowest BCUT2D eigenvalue weighted by Gasteiger charge is -2.12. The summed E-state index contributed by atoms with van der Waals surface area (Å²) in [7, 11) is 0. The number of ether oxygens (including phenoxy) is 1. The van der Waals surface area contributed by atoms with Crippen LogP contribution in [0.4, 0.5) is 0 Å². The summed E-state index contributed by atoms with van der Waals surface area (Å²) in [6, 6.07) is 18.2. The van der Waals surface area contributed by atoms with Crippen LogP contribution in [-0.2, 0) is 19.4 Å². The van der Waals surface area contributed by atoms with Crippen LogP contribution < -0.4 is 4.74 Å². The van der Waals surface area contributed by atoms with Crippen molar-refractivity contribution in [3.8, 4) is 11.8 Å². The molecule has 0 aliphatic rings. The number of rotatable bonds is 5. The Morgan fingerprint density at radius 2 is 1.58 bits per heavy atom. The topological polar surface area (TPSA) is 33.0 Å². The van der Waals surface area contributed by atoms with Crippen LogP contribution in [0, 0.1) is 11.3 Å². The fraction of sp³-hybridized carbons (Fsp3) is 0.235. The molecule has 0 heterocycles. The molecule has 0 saturated heterocycles. The van der Waals surface area contributed by atoms with Gasteiger partial charge in [-0.05, 0) is 29.2 Å². The highest BCUT2D eigenvalue weighted by molar-refractivity contribution is 5.34. The minimum absolute atomic E-state index is 0.426. The zero-order chi connectivity index (χ0) is 13.5. The van der Waals surface area contributed by atoms with E-state index in [4.69, 9.17) is 10.00 Å². The average Bonchev–Trinajstić information content (AvgIpc) is 2.47.